The smallest absolute Gasteiger partial charge is 0.236 e. The summed E-state index contributed by atoms with van der Waals surface area (Å²) in [6, 6.07) is 16.6. The van der Waals surface area contributed by atoms with Gasteiger partial charge in [0, 0.05) is 22.9 Å². The van der Waals surface area contributed by atoms with E-state index < -0.39 is 0 Å². The maximum Gasteiger partial charge on any atom is 0.236 e. The average Bonchev–Trinajstić information content (AvgIpc) is 3.57. The first-order chi connectivity index (χ1) is 19.0. The van der Waals surface area contributed by atoms with Crippen LogP contribution in [0.1, 0.15) is 44.4 Å². The van der Waals surface area contributed by atoms with Gasteiger partial charge < -0.3 is 9.47 Å². The number of carbonyl (C=O) groups excluding carboxylic acids is 2. The van der Waals surface area contributed by atoms with E-state index in [0.717, 1.165) is 35.0 Å². The Bertz CT molecular complexity index is 1770. The maximum atomic E-state index is 11.3. The van der Waals surface area contributed by atoms with E-state index in [0.29, 0.717) is 40.3 Å². The number of fused-ring (bicyclic) bond motifs is 2. The number of halogens is 2. The molecule has 0 amide bonds. The lowest BCUT2D eigenvalue weighted by molar-refractivity contribution is 0.111. The van der Waals surface area contributed by atoms with Gasteiger partial charge in [-0.25, -0.2) is 9.50 Å². The molecule has 10 heteroatoms. The van der Waals surface area contributed by atoms with E-state index in [1.807, 2.05) is 36.4 Å². The molecule has 0 fully saturated rings. The number of aldehydes is 2. The van der Waals surface area contributed by atoms with E-state index in [1.54, 1.807) is 22.8 Å². The van der Waals surface area contributed by atoms with Crippen molar-refractivity contribution in [2.45, 2.75) is 18.9 Å². The summed E-state index contributed by atoms with van der Waals surface area (Å²) in [5.74, 6) is 0.827. The second-order valence-electron chi connectivity index (χ2n) is 8.99. The van der Waals surface area contributed by atoms with E-state index in [1.165, 1.54) is 13.2 Å². The number of carbonyl (C=O) groups is 2. The number of pyridine rings is 2. The zero-order valence-corrected chi connectivity index (χ0v) is 22.1. The molecule has 1 unspecified atom stereocenters. The molecule has 8 nitrogen and oxygen atoms in total. The first kappa shape index (κ1) is 25.0. The molecule has 0 spiro atoms. The van der Waals surface area contributed by atoms with Crippen LogP contribution in [0.2, 0.25) is 10.0 Å². The van der Waals surface area contributed by atoms with Crippen LogP contribution in [0, 0.1) is 0 Å². The van der Waals surface area contributed by atoms with Gasteiger partial charge in [-0.15, -0.1) is 5.10 Å². The maximum absolute atomic E-state index is 11.3. The number of hydrogen-bond acceptors (Lipinski definition) is 7. The third-order valence-electron chi connectivity index (χ3n) is 6.75. The van der Waals surface area contributed by atoms with Crippen molar-refractivity contribution in [3.8, 4) is 34.3 Å². The summed E-state index contributed by atoms with van der Waals surface area (Å²) in [4.78, 5) is 31.3. The molecular formula is C29H20Cl2N4O4. The summed E-state index contributed by atoms with van der Waals surface area (Å²) in [6.07, 6.45) is 4.30. The van der Waals surface area contributed by atoms with Gasteiger partial charge in [0.25, 0.3) is 0 Å². The summed E-state index contributed by atoms with van der Waals surface area (Å²) in [7, 11) is 1.44. The Morgan fingerprint density at radius 3 is 2.54 bits per heavy atom. The molecule has 5 aromatic rings. The van der Waals surface area contributed by atoms with Crippen molar-refractivity contribution < 1.29 is 19.1 Å². The molecule has 0 radical (unpaired) electrons. The molecule has 1 aliphatic rings. The van der Waals surface area contributed by atoms with Gasteiger partial charge in [0.1, 0.15) is 17.4 Å². The van der Waals surface area contributed by atoms with E-state index in [-0.39, 0.29) is 28.5 Å². The Morgan fingerprint density at radius 2 is 1.74 bits per heavy atom. The summed E-state index contributed by atoms with van der Waals surface area (Å²) in [6.45, 7) is 0. The normalized spacial score (nSPS) is 14.3. The summed E-state index contributed by atoms with van der Waals surface area (Å²) in [5, 5.41) is 5.32. The van der Waals surface area contributed by atoms with Crippen LogP contribution in [0.15, 0.2) is 60.8 Å². The Kier molecular flexibility index (Phi) is 6.50. The topological polar surface area (TPSA) is 95.7 Å². The van der Waals surface area contributed by atoms with Gasteiger partial charge in [-0.2, -0.15) is 4.98 Å². The van der Waals surface area contributed by atoms with E-state index in [4.69, 9.17) is 32.7 Å². The van der Waals surface area contributed by atoms with Crippen LogP contribution in [0.25, 0.3) is 28.2 Å². The minimum Gasteiger partial charge on any atom is -0.480 e. The molecule has 0 saturated carbocycles. The predicted molar refractivity (Wildman–Crippen MR) is 147 cm³/mol. The number of aromatic nitrogens is 4. The first-order valence-corrected chi connectivity index (χ1v) is 12.8. The van der Waals surface area contributed by atoms with Crippen molar-refractivity contribution in [3.63, 3.8) is 0 Å². The van der Waals surface area contributed by atoms with Crippen molar-refractivity contribution in [3.05, 3.63) is 93.1 Å². The van der Waals surface area contributed by atoms with E-state index >= 15 is 0 Å². The number of nitrogens with zero attached hydrogens (tertiary/aromatic N) is 4. The standard InChI is InChI=1S/C29H20Cl2N4O4/c1-38-28-17(15-37)13-23(30)29(33-28)39-24-9-8-19-18(4-2-5-20(19)24)21-6-3-7-22(26(21)31)27-32-25-12-16(14-36)10-11-35(25)34-27/h2-7,10-15,24H,8-9H2,1H3. The van der Waals surface area contributed by atoms with Crippen molar-refractivity contribution in [1.29, 1.82) is 0 Å². The molecule has 0 aliphatic heterocycles. The van der Waals surface area contributed by atoms with Gasteiger partial charge in [0.05, 0.1) is 17.7 Å². The van der Waals surface area contributed by atoms with Gasteiger partial charge >= 0.3 is 0 Å². The number of methoxy groups -OCH3 is 1. The van der Waals surface area contributed by atoms with Gasteiger partial charge in [-0.05, 0) is 53.8 Å². The molecule has 3 aromatic heterocycles. The van der Waals surface area contributed by atoms with Crippen LogP contribution in [0.4, 0.5) is 0 Å². The van der Waals surface area contributed by atoms with Gasteiger partial charge in [0.15, 0.2) is 17.8 Å². The van der Waals surface area contributed by atoms with Crippen LogP contribution in [0.5, 0.6) is 11.8 Å². The number of benzene rings is 2. The van der Waals surface area contributed by atoms with E-state index in [2.05, 4.69) is 15.1 Å². The molecule has 194 valence electrons. The highest BCUT2D eigenvalue weighted by molar-refractivity contribution is 6.36. The molecule has 2 aromatic carbocycles. The molecule has 3 heterocycles. The van der Waals surface area contributed by atoms with Gasteiger partial charge in [0.2, 0.25) is 11.8 Å². The summed E-state index contributed by atoms with van der Waals surface area (Å²) in [5.41, 5.74) is 5.99. The first-order valence-electron chi connectivity index (χ1n) is 12.1. The van der Waals surface area contributed by atoms with Crippen LogP contribution >= 0.6 is 23.2 Å². The Balaban J connectivity index is 1.36. The Morgan fingerprint density at radius 1 is 0.949 bits per heavy atom. The number of rotatable bonds is 7. The second-order valence-corrected chi connectivity index (χ2v) is 9.78. The van der Waals surface area contributed by atoms with Crippen molar-refractivity contribution >= 4 is 41.4 Å². The van der Waals surface area contributed by atoms with Gasteiger partial charge in [-0.3, -0.25) is 9.59 Å². The number of ether oxygens (including phenoxy) is 2. The molecular weight excluding hydrogens is 539 g/mol. The molecule has 39 heavy (non-hydrogen) atoms. The fourth-order valence-corrected chi connectivity index (χ4v) is 5.44. The second kappa shape index (κ2) is 10.1. The summed E-state index contributed by atoms with van der Waals surface area (Å²) < 4.78 is 13.0. The SMILES string of the molecule is COc1nc(OC2CCc3c(-c4cccc(-c5nc6cc(C=O)ccn6n5)c4Cl)cccc32)c(Cl)cc1C=O. The molecule has 1 atom stereocenters. The van der Waals surface area contributed by atoms with Crippen molar-refractivity contribution in [2.24, 2.45) is 0 Å². The minimum atomic E-state index is -0.286. The minimum absolute atomic E-state index is 0.155. The highest BCUT2D eigenvalue weighted by Crippen LogP contribution is 2.44. The fraction of sp³-hybridized carbons (Fsp3) is 0.138. The van der Waals surface area contributed by atoms with Gasteiger partial charge in [-0.1, -0.05) is 53.5 Å². The predicted octanol–water partition coefficient (Wildman–Crippen LogP) is 6.47. The monoisotopic (exact) mass is 558 g/mol. The highest BCUT2D eigenvalue weighted by Gasteiger charge is 2.29. The average molecular weight is 559 g/mol. The third-order valence-corrected chi connectivity index (χ3v) is 7.43. The molecule has 0 saturated heterocycles. The Labute approximate surface area is 233 Å². The molecule has 0 N–H and O–H groups in total. The fourth-order valence-electron chi connectivity index (χ4n) is 4.92. The van der Waals surface area contributed by atoms with Crippen LogP contribution < -0.4 is 9.47 Å². The third kappa shape index (κ3) is 4.41. The van der Waals surface area contributed by atoms with Crippen LogP contribution in [-0.4, -0.2) is 39.3 Å². The van der Waals surface area contributed by atoms with Crippen LogP contribution in [-0.2, 0) is 6.42 Å². The van der Waals surface area contributed by atoms with Crippen LogP contribution in [0.3, 0.4) is 0 Å². The lowest BCUT2D eigenvalue weighted by atomic mass is 9.95. The lowest BCUT2D eigenvalue weighted by Gasteiger charge is -2.17. The van der Waals surface area contributed by atoms with E-state index in [9.17, 15) is 9.59 Å². The van der Waals surface area contributed by atoms with Crippen molar-refractivity contribution in [2.75, 3.05) is 7.11 Å². The quantitative estimate of drug-likeness (QED) is 0.211. The lowest BCUT2D eigenvalue weighted by Crippen LogP contribution is -2.07. The zero-order chi connectivity index (χ0) is 27.1. The molecule has 1 aliphatic carbocycles. The molecule has 6 rings (SSSR count). The summed E-state index contributed by atoms with van der Waals surface area (Å²) >= 11 is 13.3. The molecule has 0 bridgehead atoms. The Hall–Kier alpha value is -4.27. The zero-order valence-electron chi connectivity index (χ0n) is 20.6. The number of hydrogen-bond donors (Lipinski definition) is 0. The largest absolute Gasteiger partial charge is 0.480 e. The van der Waals surface area contributed by atoms with Crippen molar-refractivity contribution in [1.82, 2.24) is 19.6 Å². The highest BCUT2D eigenvalue weighted by atomic mass is 35.5.